The molecule has 0 spiro atoms. The molecule has 0 amide bonds. The maximum atomic E-state index is 4.04. The van der Waals surface area contributed by atoms with Gasteiger partial charge in [0.05, 0.1) is 12.5 Å². The van der Waals surface area contributed by atoms with Gasteiger partial charge in [-0.1, -0.05) is 0 Å². The first kappa shape index (κ1) is 9.64. The standard InChI is InChI=1S/C10H12N5/c1-3-12-10(13-4-1)14-5-2-7-15-8-6-11-9-15/h1,3,6,8-9H,2,5,7H2,(H,12,13,14). The Hall–Kier alpha value is -1.91. The summed E-state index contributed by atoms with van der Waals surface area (Å²) in [4.78, 5) is 12.0. The van der Waals surface area contributed by atoms with E-state index in [1.165, 1.54) is 0 Å². The predicted molar refractivity (Wildman–Crippen MR) is 56.2 cm³/mol. The van der Waals surface area contributed by atoms with Crippen LogP contribution in [0.4, 0.5) is 5.95 Å². The predicted octanol–water partition coefficient (Wildman–Crippen LogP) is 0.975. The second kappa shape index (κ2) is 5.09. The van der Waals surface area contributed by atoms with Gasteiger partial charge in [-0.3, -0.25) is 0 Å². The summed E-state index contributed by atoms with van der Waals surface area (Å²) < 4.78 is 2.04. The quantitative estimate of drug-likeness (QED) is 0.734. The number of imidazole rings is 1. The van der Waals surface area contributed by atoms with E-state index in [9.17, 15) is 0 Å². The van der Waals surface area contributed by atoms with Crippen molar-refractivity contribution in [1.82, 2.24) is 19.5 Å². The molecule has 0 aliphatic carbocycles. The van der Waals surface area contributed by atoms with E-state index in [4.69, 9.17) is 0 Å². The van der Waals surface area contributed by atoms with Gasteiger partial charge in [0.1, 0.15) is 0 Å². The minimum atomic E-state index is 0.628. The summed E-state index contributed by atoms with van der Waals surface area (Å²) in [5.74, 6) is 0.628. The van der Waals surface area contributed by atoms with Gasteiger partial charge in [-0.05, 0) is 12.5 Å². The first-order valence-corrected chi connectivity index (χ1v) is 4.84. The zero-order chi connectivity index (χ0) is 10.3. The number of aromatic nitrogens is 4. The number of aryl methyl sites for hydroxylation is 1. The highest BCUT2D eigenvalue weighted by molar-refractivity contribution is 5.21. The third-order valence-electron chi connectivity index (χ3n) is 1.95. The minimum absolute atomic E-state index is 0.628. The van der Waals surface area contributed by atoms with Crippen LogP contribution in [0.3, 0.4) is 0 Å². The molecule has 0 fully saturated rings. The molecule has 2 aromatic heterocycles. The first-order valence-electron chi connectivity index (χ1n) is 4.84. The van der Waals surface area contributed by atoms with Gasteiger partial charge in [0.15, 0.2) is 0 Å². The van der Waals surface area contributed by atoms with Crippen LogP contribution in [-0.4, -0.2) is 26.1 Å². The van der Waals surface area contributed by atoms with E-state index in [1.807, 2.05) is 17.1 Å². The summed E-state index contributed by atoms with van der Waals surface area (Å²) >= 11 is 0. The molecule has 0 saturated carbocycles. The topological polar surface area (TPSA) is 55.6 Å². The lowest BCUT2D eigenvalue weighted by molar-refractivity contribution is 0.659. The van der Waals surface area contributed by atoms with Gasteiger partial charge < -0.3 is 9.88 Å². The lowest BCUT2D eigenvalue weighted by Crippen LogP contribution is -2.07. The fourth-order valence-corrected chi connectivity index (χ4v) is 1.23. The van der Waals surface area contributed by atoms with Crippen molar-refractivity contribution in [3.63, 3.8) is 0 Å². The molecular formula is C10H12N5. The zero-order valence-electron chi connectivity index (χ0n) is 8.30. The molecule has 2 heterocycles. The summed E-state index contributed by atoms with van der Waals surface area (Å²) in [5.41, 5.74) is 0. The molecule has 1 radical (unpaired) electrons. The molecule has 0 bridgehead atoms. The molecule has 0 unspecified atom stereocenters. The van der Waals surface area contributed by atoms with Crippen LogP contribution in [0.15, 0.2) is 31.0 Å². The van der Waals surface area contributed by atoms with E-state index >= 15 is 0 Å². The molecule has 0 aliphatic heterocycles. The molecule has 2 aromatic rings. The Bertz CT molecular complexity index is 370. The Morgan fingerprint density at radius 1 is 1.40 bits per heavy atom. The van der Waals surface area contributed by atoms with E-state index in [1.54, 1.807) is 18.5 Å². The average Bonchev–Trinajstić information content (AvgIpc) is 2.79. The van der Waals surface area contributed by atoms with Crippen LogP contribution in [0.5, 0.6) is 0 Å². The third-order valence-corrected chi connectivity index (χ3v) is 1.95. The van der Waals surface area contributed by atoms with Gasteiger partial charge in [0, 0.05) is 31.7 Å². The highest BCUT2D eigenvalue weighted by atomic mass is 15.1. The van der Waals surface area contributed by atoms with E-state index in [0.29, 0.717) is 5.95 Å². The fraction of sp³-hybridized carbons (Fsp3) is 0.300. The largest absolute Gasteiger partial charge is 0.354 e. The summed E-state index contributed by atoms with van der Waals surface area (Å²) in [6, 6.07) is 1.68. The average molecular weight is 202 g/mol. The Morgan fingerprint density at radius 2 is 2.40 bits per heavy atom. The second-order valence-corrected chi connectivity index (χ2v) is 3.09. The van der Waals surface area contributed by atoms with Crippen LogP contribution in [0, 0.1) is 6.20 Å². The Labute approximate surface area is 88.2 Å². The van der Waals surface area contributed by atoms with E-state index < -0.39 is 0 Å². The van der Waals surface area contributed by atoms with E-state index in [-0.39, 0.29) is 0 Å². The second-order valence-electron chi connectivity index (χ2n) is 3.09. The van der Waals surface area contributed by atoms with Gasteiger partial charge in [-0.25, -0.2) is 15.0 Å². The van der Waals surface area contributed by atoms with Crippen LogP contribution in [0.2, 0.25) is 0 Å². The normalized spacial score (nSPS) is 10.1. The Kier molecular flexibility index (Phi) is 3.27. The molecule has 15 heavy (non-hydrogen) atoms. The number of hydrogen-bond acceptors (Lipinski definition) is 4. The molecule has 0 aromatic carbocycles. The van der Waals surface area contributed by atoms with Gasteiger partial charge in [0.25, 0.3) is 0 Å². The number of hydrogen-bond donors (Lipinski definition) is 1. The van der Waals surface area contributed by atoms with Gasteiger partial charge in [-0.15, -0.1) is 0 Å². The lowest BCUT2D eigenvalue weighted by Gasteiger charge is -2.04. The van der Waals surface area contributed by atoms with Crippen molar-refractivity contribution in [3.8, 4) is 0 Å². The van der Waals surface area contributed by atoms with Gasteiger partial charge in [-0.2, -0.15) is 0 Å². The van der Waals surface area contributed by atoms with E-state index in [0.717, 1.165) is 19.5 Å². The maximum Gasteiger partial charge on any atom is 0.223 e. The third kappa shape index (κ3) is 3.05. The monoisotopic (exact) mass is 202 g/mol. The minimum Gasteiger partial charge on any atom is -0.354 e. The molecular weight excluding hydrogens is 190 g/mol. The molecule has 2 rings (SSSR count). The molecule has 77 valence electrons. The lowest BCUT2D eigenvalue weighted by atomic mass is 10.4. The molecule has 0 saturated heterocycles. The molecule has 1 N–H and O–H groups in total. The van der Waals surface area contributed by atoms with Crippen molar-refractivity contribution in [2.45, 2.75) is 13.0 Å². The van der Waals surface area contributed by atoms with Crippen LogP contribution < -0.4 is 5.32 Å². The van der Waals surface area contributed by atoms with E-state index in [2.05, 4.69) is 26.5 Å². The van der Waals surface area contributed by atoms with Crippen LogP contribution in [0.25, 0.3) is 0 Å². The Morgan fingerprint density at radius 3 is 3.13 bits per heavy atom. The molecule has 5 nitrogen and oxygen atoms in total. The zero-order valence-corrected chi connectivity index (χ0v) is 8.30. The summed E-state index contributed by atoms with van der Waals surface area (Å²) in [7, 11) is 0. The number of anilines is 1. The summed E-state index contributed by atoms with van der Waals surface area (Å²) in [6.07, 6.45) is 10.9. The number of nitrogens with zero attached hydrogens (tertiary/aromatic N) is 4. The van der Waals surface area contributed by atoms with Crippen molar-refractivity contribution in [2.75, 3.05) is 11.9 Å². The van der Waals surface area contributed by atoms with Crippen molar-refractivity contribution >= 4 is 5.95 Å². The van der Waals surface area contributed by atoms with Crippen LogP contribution >= 0.6 is 0 Å². The highest BCUT2D eigenvalue weighted by Crippen LogP contribution is 1.95. The van der Waals surface area contributed by atoms with Crippen molar-refractivity contribution in [3.05, 3.63) is 37.2 Å². The van der Waals surface area contributed by atoms with Gasteiger partial charge >= 0.3 is 0 Å². The van der Waals surface area contributed by atoms with Crippen molar-refractivity contribution < 1.29 is 0 Å². The van der Waals surface area contributed by atoms with Crippen molar-refractivity contribution in [1.29, 1.82) is 0 Å². The first-order chi connectivity index (χ1) is 7.45. The molecule has 0 aliphatic rings. The summed E-state index contributed by atoms with van der Waals surface area (Å²) in [6.45, 7) is 1.79. The Balaban J connectivity index is 1.68. The van der Waals surface area contributed by atoms with Crippen LogP contribution in [0.1, 0.15) is 6.42 Å². The molecule has 5 heteroatoms. The maximum absolute atomic E-state index is 4.04. The fourth-order valence-electron chi connectivity index (χ4n) is 1.23. The summed E-state index contributed by atoms with van der Waals surface area (Å²) in [5, 5.41) is 3.12. The van der Waals surface area contributed by atoms with Gasteiger partial charge in [0.2, 0.25) is 5.95 Å². The number of rotatable bonds is 5. The SMILES string of the molecule is [c]1ccnc(NCCCn2ccnc2)n1. The smallest absolute Gasteiger partial charge is 0.223 e. The number of nitrogens with one attached hydrogen (secondary N) is 1. The van der Waals surface area contributed by atoms with Crippen LogP contribution in [-0.2, 0) is 6.54 Å². The van der Waals surface area contributed by atoms with Crippen molar-refractivity contribution in [2.24, 2.45) is 0 Å². The highest BCUT2D eigenvalue weighted by Gasteiger charge is 1.93. The molecule has 0 atom stereocenters.